The van der Waals surface area contributed by atoms with E-state index in [0.717, 1.165) is 0 Å². The van der Waals surface area contributed by atoms with Crippen LogP contribution in [0.4, 0.5) is 0 Å². The number of nitrogens with zero attached hydrogens (tertiary/aromatic N) is 2. The Labute approximate surface area is 81.3 Å². The third-order valence-corrected chi connectivity index (χ3v) is 2.25. The molecule has 2 saturated heterocycles. The number of hydrogen-bond donors (Lipinski definition) is 0. The predicted octanol–water partition coefficient (Wildman–Crippen LogP) is -1.38. The first-order chi connectivity index (χ1) is 6.77. The van der Waals surface area contributed by atoms with Crippen LogP contribution in [-0.4, -0.2) is 61.3 Å². The third-order valence-electron chi connectivity index (χ3n) is 2.25. The van der Waals surface area contributed by atoms with Crippen molar-refractivity contribution in [2.75, 3.05) is 39.5 Å². The molecule has 0 atom stereocenters. The fraction of sp³-hybridized carbons (Fsp3) is 0.750. The standard InChI is InChI=1S/C8H12N2O4/c11-7-6-14-8(12)5-10(7)9-1-3-13-4-2-9/h1-6H2. The molecule has 2 fully saturated rings. The number of ether oxygens (including phenoxy) is 2. The summed E-state index contributed by atoms with van der Waals surface area (Å²) in [4.78, 5) is 22.4. The van der Waals surface area contributed by atoms with Crippen LogP contribution in [0.1, 0.15) is 0 Å². The van der Waals surface area contributed by atoms with Crippen molar-refractivity contribution >= 4 is 11.9 Å². The normalized spacial score (nSPS) is 25.0. The summed E-state index contributed by atoms with van der Waals surface area (Å²) in [5, 5.41) is 3.29. The molecule has 6 nitrogen and oxygen atoms in total. The van der Waals surface area contributed by atoms with E-state index in [1.807, 2.05) is 5.01 Å². The lowest BCUT2D eigenvalue weighted by Crippen LogP contribution is -2.56. The van der Waals surface area contributed by atoms with E-state index < -0.39 is 0 Å². The molecule has 0 saturated carbocycles. The Bertz CT molecular complexity index is 250. The summed E-state index contributed by atoms with van der Waals surface area (Å²) in [6.45, 7) is 2.38. The summed E-state index contributed by atoms with van der Waals surface area (Å²) < 4.78 is 9.78. The van der Waals surface area contributed by atoms with E-state index in [4.69, 9.17) is 4.74 Å². The van der Waals surface area contributed by atoms with Gasteiger partial charge in [0.1, 0.15) is 6.54 Å². The molecule has 0 unspecified atom stereocenters. The van der Waals surface area contributed by atoms with Gasteiger partial charge in [-0.1, -0.05) is 0 Å². The van der Waals surface area contributed by atoms with Crippen LogP contribution in [-0.2, 0) is 19.1 Å². The Morgan fingerprint density at radius 2 is 1.86 bits per heavy atom. The first-order valence-corrected chi connectivity index (χ1v) is 4.56. The number of esters is 1. The largest absolute Gasteiger partial charge is 0.454 e. The molecule has 0 aromatic heterocycles. The van der Waals surface area contributed by atoms with E-state index in [1.54, 1.807) is 0 Å². The summed E-state index contributed by atoms with van der Waals surface area (Å²) in [5.74, 6) is -0.511. The van der Waals surface area contributed by atoms with Crippen molar-refractivity contribution in [2.24, 2.45) is 0 Å². The van der Waals surface area contributed by atoms with Crippen LogP contribution in [0.15, 0.2) is 0 Å². The van der Waals surface area contributed by atoms with Gasteiger partial charge >= 0.3 is 5.97 Å². The van der Waals surface area contributed by atoms with Crippen LogP contribution in [0.2, 0.25) is 0 Å². The number of carbonyl (C=O) groups excluding carboxylic acids is 2. The molecular weight excluding hydrogens is 188 g/mol. The Hall–Kier alpha value is -1.14. The van der Waals surface area contributed by atoms with Crippen molar-refractivity contribution in [3.63, 3.8) is 0 Å². The minimum atomic E-state index is -0.351. The maximum Gasteiger partial charge on any atom is 0.327 e. The summed E-state index contributed by atoms with van der Waals surface area (Å²) in [6.07, 6.45) is 0. The molecule has 0 bridgehead atoms. The van der Waals surface area contributed by atoms with Gasteiger partial charge in [0.25, 0.3) is 5.91 Å². The zero-order valence-electron chi connectivity index (χ0n) is 7.77. The van der Waals surface area contributed by atoms with Gasteiger partial charge in [-0.3, -0.25) is 14.6 Å². The monoisotopic (exact) mass is 200 g/mol. The molecule has 2 aliphatic rings. The fourth-order valence-corrected chi connectivity index (χ4v) is 1.53. The summed E-state index contributed by atoms with van der Waals surface area (Å²) in [7, 11) is 0. The average Bonchev–Trinajstić information content (AvgIpc) is 2.23. The van der Waals surface area contributed by atoms with Crippen LogP contribution in [0.25, 0.3) is 0 Å². The molecule has 1 amide bonds. The highest BCUT2D eigenvalue weighted by Gasteiger charge is 2.30. The van der Waals surface area contributed by atoms with Crippen LogP contribution in [0.3, 0.4) is 0 Å². The minimum absolute atomic E-state index is 0.0266. The summed E-state index contributed by atoms with van der Waals surface area (Å²) in [6, 6.07) is 0. The maximum absolute atomic E-state index is 11.4. The Morgan fingerprint density at radius 1 is 1.14 bits per heavy atom. The van der Waals surface area contributed by atoms with Gasteiger partial charge in [0.15, 0.2) is 6.61 Å². The van der Waals surface area contributed by atoms with Crippen LogP contribution in [0.5, 0.6) is 0 Å². The molecule has 14 heavy (non-hydrogen) atoms. The molecule has 2 rings (SSSR count). The van der Waals surface area contributed by atoms with Crippen molar-refractivity contribution in [1.82, 2.24) is 10.0 Å². The van der Waals surface area contributed by atoms with Crippen LogP contribution >= 0.6 is 0 Å². The fourth-order valence-electron chi connectivity index (χ4n) is 1.53. The second-order valence-electron chi connectivity index (χ2n) is 3.18. The Balaban J connectivity index is 1.99. The zero-order valence-corrected chi connectivity index (χ0v) is 7.77. The van der Waals surface area contributed by atoms with Crippen molar-refractivity contribution < 1.29 is 19.1 Å². The molecule has 2 heterocycles. The third kappa shape index (κ3) is 1.85. The number of cyclic esters (lactones) is 1. The maximum atomic E-state index is 11.4. The molecule has 0 radical (unpaired) electrons. The highest BCUT2D eigenvalue weighted by molar-refractivity contribution is 5.87. The average molecular weight is 200 g/mol. The highest BCUT2D eigenvalue weighted by atomic mass is 16.5. The predicted molar refractivity (Wildman–Crippen MR) is 45.1 cm³/mol. The lowest BCUT2D eigenvalue weighted by atomic mass is 10.4. The van der Waals surface area contributed by atoms with Crippen LogP contribution in [0, 0.1) is 0 Å². The number of carbonyl (C=O) groups is 2. The Morgan fingerprint density at radius 3 is 2.57 bits per heavy atom. The van der Waals surface area contributed by atoms with E-state index >= 15 is 0 Å². The first-order valence-electron chi connectivity index (χ1n) is 4.56. The number of amides is 1. The summed E-state index contributed by atoms with van der Waals surface area (Å²) in [5.41, 5.74) is 0. The minimum Gasteiger partial charge on any atom is -0.454 e. The second-order valence-corrected chi connectivity index (χ2v) is 3.18. The number of rotatable bonds is 1. The number of hydrogen-bond acceptors (Lipinski definition) is 5. The molecule has 6 heteroatoms. The molecular formula is C8H12N2O4. The molecule has 0 aliphatic carbocycles. The van der Waals surface area contributed by atoms with Crippen molar-refractivity contribution in [3.8, 4) is 0 Å². The smallest absolute Gasteiger partial charge is 0.327 e. The summed E-state index contributed by atoms with van der Waals surface area (Å²) >= 11 is 0. The van der Waals surface area contributed by atoms with Gasteiger partial charge in [-0.05, 0) is 0 Å². The topological polar surface area (TPSA) is 59.1 Å². The van der Waals surface area contributed by atoms with Gasteiger partial charge in [0, 0.05) is 13.1 Å². The van der Waals surface area contributed by atoms with E-state index in [2.05, 4.69) is 4.74 Å². The van der Waals surface area contributed by atoms with E-state index in [-0.39, 0.29) is 25.0 Å². The van der Waals surface area contributed by atoms with Gasteiger partial charge in [-0.15, -0.1) is 0 Å². The zero-order chi connectivity index (χ0) is 9.97. The molecule has 0 spiro atoms. The lowest BCUT2D eigenvalue weighted by Gasteiger charge is -2.38. The first kappa shape index (κ1) is 9.42. The SMILES string of the molecule is O=C1CN(N2CCOCC2)C(=O)CO1. The molecule has 0 aromatic rings. The molecule has 0 aromatic carbocycles. The highest BCUT2D eigenvalue weighted by Crippen LogP contribution is 2.07. The van der Waals surface area contributed by atoms with Crippen molar-refractivity contribution in [2.45, 2.75) is 0 Å². The van der Waals surface area contributed by atoms with Gasteiger partial charge < -0.3 is 9.47 Å². The van der Waals surface area contributed by atoms with Crippen molar-refractivity contribution in [1.29, 1.82) is 0 Å². The second kappa shape index (κ2) is 3.93. The van der Waals surface area contributed by atoms with Crippen LogP contribution < -0.4 is 0 Å². The van der Waals surface area contributed by atoms with E-state index in [0.29, 0.717) is 26.3 Å². The lowest BCUT2D eigenvalue weighted by molar-refractivity contribution is -0.183. The van der Waals surface area contributed by atoms with Gasteiger partial charge in [0.2, 0.25) is 0 Å². The quantitative estimate of drug-likeness (QED) is 0.488. The Kier molecular flexibility index (Phi) is 2.64. The molecule has 0 N–H and O–H groups in total. The molecule has 2 aliphatic heterocycles. The molecule has 78 valence electrons. The number of morpholine rings is 2. The van der Waals surface area contributed by atoms with E-state index in [1.165, 1.54) is 5.01 Å². The van der Waals surface area contributed by atoms with Gasteiger partial charge in [0.05, 0.1) is 13.2 Å². The number of hydrazine groups is 1. The van der Waals surface area contributed by atoms with Gasteiger partial charge in [-0.25, -0.2) is 5.01 Å². The van der Waals surface area contributed by atoms with Gasteiger partial charge in [-0.2, -0.15) is 0 Å². The van der Waals surface area contributed by atoms with E-state index in [9.17, 15) is 9.59 Å². The van der Waals surface area contributed by atoms with Crippen molar-refractivity contribution in [3.05, 3.63) is 0 Å².